The number of aliphatic hydroxyl groups excluding tert-OH is 1. The Kier molecular flexibility index (Phi) is 7.99. The van der Waals surface area contributed by atoms with Crippen LogP contribution in [0.3, 0.4) is 0 Å². The Morgan fingerprint density at radius 1 is 1.14 bits per heavy atom. The topological polar surface area (TPSA) is 147 Å². The summed E-state index contributed by atoms with van der Waals surface area (Å²) in [6.45, 7) is -0.422. The van der Waals surface area contributed by atoms with Crippen molar-refractivity contribution in [2.75, 3.05) is 40.2 Å². The number of methoxy groups -OCH3 is 1. The smallest absolute Gasteiger partial charge is 0.283 e. The van der Waals surface area contributed by atoms with Crippen molar-refractivity contribution in [3.63, 3.8) is 0 Å². The van der Waals surface area contributed by atoms with Gasteiger partial charge in [-0.05, 0) is 48.0 Å². The molecule has 0 fully saturated rings. The molecule has 0 saturated heterocycles. The maximum atomic E-state index is 13.1. The molecule has 2 aromatic rings. The predicted molar refractivity (Wildman–Crippen MR) is 127 cm³/mol. The van der Waals surface area contributed by atoms with Crippen LogP contribution in [-0.2, 0) is 24.3 Å². The summed E-state index contributed by atoms with van der Waals surface area (Å²) < 4.78 is 54.6. The van der Waals surface area contributed by atoms with Crippen LogP contribution in [-0.4, -0.2) is 70.2 Å². The molecule has 12 heteroatoms. The number of benzene rings is 2. The van der Waals surface area contributed by atoms with Gasteiger partial charge in [-0.25, -0.2) is 8.42 Å². The van der Waals surface area contributed by atoms with Crippen molar-refractivity contribution in [2.45, 2.75) is 23.5 Å². The van der Waals surface area contributed by atoms with Crippen molar-refractivity contribution in [1.82, 2.24) is 4.31 Å². The number of hydrogen-bond acceptors (Lipinski definition) is 9. The van der Waals surface area contributed by atoms with E-state index in [-0.39, 0.29) is 49.7 Å². The largest absolute Gasteiger partial charge is 0.497 e. The van der Waals surface area contributed by atoms with Gasteiger partial charge in [0.1, 0.15) is 5.75 Å². The molecule has 2 aliphatic heterocycles. The summed E-state index contributed by atoms with van der Waals surface area (Å²) in [5, 5.41) is 9.43. The SMILES string of the molecule is COc1ccc(S(=O)(=O)N(CCO)CCO[C@@H]2C[C@H](c3ccc4c(c3)OCO4)C=C(C(N)=O)O2)cc1. The Hall–Kier alpha value is -3.32. The summed E-state index contributed by atoms with van der Waals surface area (Å²) in [6.07, 6.45) is 1.15. The summed E-state index contributed by atoms with van der Waals surface area (Å²) in [5.41, 5.74) is 6.32. The van der Waals surface area contributed by atoms with Gasteiger partial charge < -0.3 is 34.5 Å². The molecule has 11 nitrogen and oxygen atoms in total. The number of carbonyl (C=O) groups is 1. The number of allylic oxidation sites excluding steroid dienone is 1. The van der Waals surface area contributed by atoms with Gasteiger partial charge in [0.15, 0.2) is 17.3 Å². The number of fused-ring (bicyclic) bond motifs is 1. The van der Waals surface area contributed by atoms with E-state index in [1.165, 1.54) is 19.2 Å². The number of nitrogens with two attached hydrogens (primary N) is 1. The summed E-state index contributed by atoms with van der Waals surface area (Å²) in [6, 6.07) is 11.4. The number of aliphatic hydroxyl groups is 1. The molecule has 0 bridgehead atoms. The average molecular weight is 521 g/mol. The number of hydrogen-bond donors (Lipinski definition) is 2. The van der Waals surface area contributed by atoms with Crippen LogP contribution in [0.4, 0.5) is 0 Å². The molecule has 2 aliphatic rings. The first-order valence-corrected chi connectivity index (χ1v) is 12.7. The highest BCUT2D eigenvalue weighted by Crippen LogP contribution is 2.38. The molecule has 4 rings (SSSR count). The second kappa shape index (κ2) is 11.2. The van der Waals surface area contributed by atoms with Gasteiger partial charge in [-0.3, -0.25) is 4.79 Å². The van der Waals surface area contributed by atoms with Gasteiger partial charge in [0.25, 0.3) is 5.91 Å². The van der Waals surface area contributed by atoms with Crippen LogP contribution in [0.25, 0.3) is 0 Å². The highest BCUT2D eigenvalue weighted by atomic mass is 32.2. The van der Waals surface area contributed by atoms with Crippen LogP contribution in [0.15, 0.2) is 59.2 Å². The number of nitrogens with zero attached hydrogens (tertiary/aromatic N) is 1. The zero-order valence-electron chi connectivity index (χ0n) is 19.7. The Morgan fingerprint density at radius 2 is 1.89 bits per heavy atom. The molecular formula is C24H28N2O9S. The van der Waals surface area contributed by atoms with Crippen molar-refractivity contribution < 1.29 is 42.0 Å². The normalized spacial score (nSPS) is 19.0. The maximum Gasteiger partial charge on any atom is 0.283 e. The molecule has 0 saturated carbocycles. The highest BCUT2D eigenvalue weighted by Gasteiger charge is 2.30. The number of amides is 1. The standard InChI is InChI=1S/C24H28N2O9S/c1-31-18-3-5-19(6-4-18)36(29,30)26(8-10-27)9-11-32-23-14-17(13-22(35-23)24(25)28)16-2-7-20-21(12-16)34-15-33-20/h2-7,12-13,17,23,27H,8-11,14-15H2,1H3,(H2,25,28)/t17-,23+/m1/s1. The predicted octanol–water partition coefficient (Wildman–Crippen LogP) is 1.32. The zero-order valence-corrected chi connectivity index (χ0v) is 20.5. The minimum absolute atomic E-state index is 0.0352. The molecule has 194 valence electrons. The molecule has 2 heterocycles. The second-order valence-corrected chi connectivity index (χ2v) is 10.0. The lowest BCUT2D eigenvalue weighted by Crippen LogP contribution is -2.38. The van der Waals surface area contributed by atoms with Crippen LogP contribution in [0.2, 0.25) is 0 Å². The summed E-state index contributed by atoms with van der Waals surface area (Å²) in [5.74, 6) is 0.742. The number of carbonyl (C=O) groups excluding carboxylic acids is 1. The fourth-order valence-electron chi connectivity index (χ4n) is 3.95. The average Bonchev–Trinajstić information content (AvgIpc) is 3.36. The summed E-state index contributed by atoms with van der Waals surface area (Å²) >= 11 is 0. The lowest BCUT2D eigenvalue weighted by atomic mass is 9.92. The zero-order chi connectivity index (χ0) is 25.7. The van der Waals surface area contributed by atoms with Crippen LogP contribution in [0.1, 0.15) is 17.9 Å². The molecule has 36 heavy (non-hydrogen) atoms. The van der Waals surface area contributed by atoms with Gasteiger partial charge in [-0.2, -0.15) is 4.31 Å². The molecule has 0 unspecified atom stereocenters. The van der Waals surface area contributed by atoms with Crippen LogP contribution in [0, 0.1) is 0 Å². The molecule has 0 aromatic heterocycles. The highest BCUT2D eigenvalue weighted by molar-refractivity contribution is 7.89. The van der Waals surface area contributed by atoms with E-state index in [0.29, 0.717) is 23.7 Å². The Labute approximate surface area is 209 Å². The quantitative estimate of drug-likeness (QED) is 0.448. The van der Waals surface area contributed by atoms with Crippen LogP contribution in [0.5, 0.6) is 17.2 Å². The third-order valence-electron chi connectivity index (χ3n) is 5.82. The Morgan fingerprint density at radius 3 is 2.58 bits per heavy atom. The minimum Gasteiger partial charge on any atom is -0.497 e. The molecule has 2 atom stereocenters. The van der Waals surface area contributed by atoms with E-state index >= 15 is 0 Å². The van der Waals surface area contributed by atoms with Gasteiger partial charge in [0.05, 0.1) is 25.2 Å². The first-order chi connectivity index (χ1) is 17.3. The van der Waals surface area contributed by atoms with Crippen LogP contribution >= 0.6 is 0 Å². The maximum absolute atomic E-state index is 13.1. The molecular weight excluding hydrogens is 492 g/mol. The molecule has 0 aliphatic carbocycles. The van der Waals surface area contributed by atoms with E-state index in [4.69, 9.17) is 29.4 Å². The number of sulfonamides is 1. The Bertz CT molecular complexity index is 1210. The van der Waals surface area contributed by atoms with Crippen molar-refractivity contribution in [3.05, 3.63) is 59.9 Å². The third kappa shape index (κ3) is 5.73. The minimum atomic E-state index is -3.89. The number of primary amides is 1. The second-order valence-electron chi connectivity index (χ2n) is 8.07. The molecule has 3 N–H and O–H groups in total. The number of ether oxygens (including phenoxy) is 5. The van der Waals surface area contributed by atoms with Crippen molar-refractivity contribution >= 4 is 15.9 Å². The summed E-state index contributed by atoms with van der Waals surface area (Å²) in [4.78, 5) is 11.9. The fraction of sp³-hybridized carbons (Fsp3) is 0.375. The monoisotopic (exact) mass is 520 g/mol. The summed E-state index contributed by atoms with van der Waals surface area (Å²) in [7, 11) is -2.40. The van der Waals surface area contributed by atoms with Crippen LogP contribution < -0.4 is 19.9 Å². The van der Waals surface area contributed by atoms with E-state index in [1.807, 2.05) is 12.1 Å². The van der Waals surface area contributed by atoms with Gasteiger partial charge in [0, 0.05) is 25.4 Å². The van der Waals surface area contributed by atoms with E-state index in [2.05, 4.69) is 0 Å². The Balaban J connectivity index is 1.43. The van der Waals surface area contributed by atoms with Crippen molar-refractivity contribution in [1.29, 1.82) is 0 Å². The van der Waals surface area contributed by atoms with Crippen molar-refractivity contribution in [2.24, 2.45) is 5.73 Å². The lowest BCUT2D eigenvalue weighted by Gasteiger charge is -2.29. The van der Waals surface area contributed by atoms with Gasteiger partial charge >= 0.3 is 0 Å². The van der Waals surface area contributed by atoms with Gasteiger partial charge in [-0.15, -0.1) is 0 Å². The lowest BCUT2D eigenvalue weighted by molar-refractivity contribution is -0.144. The van der Waals surface area contributed by atoms with E-state index in [9.17, 15) is 18.3 Å². The van der Waals surface area contributed by atoms with E-state index in [1.54, 1.807) is 24.3 Å². The first-order valence-electron chi connectivity index (χ1n) is 11.3. The molecule has 2 aromatic carbocycles. The van der Waals surface area contributed by atoms with Gasteiger partial charge in [0.2, 0.25) is 23.1 Å². The number of rotatable bonds is 11. The van der Waals surface area contributed by atoms with E-state index < -0.39 is 22.2 Å². The molecule has 0 radical (unpaired) electrons. The molecule has 1 amide bonds. The van der Waals surface area contributed by atoms with Crippen molar-refractivity contribution in [3.8, 4) is 17.2 Å². The first kappa shape index (κ1) is 25.8. The van der Waals surface area contributed by atoms with Gasteiger partial charge in [-0.1, -0.05) is 6.07 Å². The molecule has 0 spiro atoms. The fourth-order valence-corrected chi connectivity index (χ4v) is 5.37. The van der Waals surface area contributed by atoms with E-state index in [0.717, 1.165) is 9.87 Å². The third-order valence-corrected chi connectivity index (χ3v) is 7.73.